The van der Waals surface area contributed by atoms with Crippen LogP contribution in [0.3, 0.4) is 0 Å². The molecule has 0 heterocycles. The normalized spacial score (nSPS) is 13.7. The fourth-order valence-corrected chi connectivity index (χ4v) is 3.34. The van der Waals surface area contributed by atoms with Crippen molar-refractivity contribution in [1.29, 1.82) is 0 Å². The first kappa shape index (κ1) is 17.7. The molecule has 0 radical (unpaired) electrons. The van der Waals surface area contributed by atoms with E-state index in [9.17, 15) is 8.42 Å². The number of hydrogen-bond donors (Lipinski definition) is 2. The molecule has 0 saturated carbocycles. The Balaban J connectivity index is 3.01. The van der Waals surface area contributed by atoms with E-state index in [2.05, 4.69) is 4.72 Å². The zero-order valence-corrected chi connectivity index (χ0v) is 14.1. The summed E-state index contributed by atoms with van der Waals surface area (Å²) >= 11 is 0. The minimum Gasteiger partial charge on any atom is -0.495 e. The fourth-order valence-electron chi connectivity index (χ4n) is 1.92. The van der Waals surface area contributed by atoms with Crippen LogP contribution < -0.4 is 15.2 Å². The van der Waals surface area contributed by atoms with Crippen molar-refractivity contribution in [3.05, 3.63) is 18.2 Å². The van der Waals surface area contributed by atoms with Crippen molar-refractivity contribution in [3.8, 4) is 5.75 Å². The molecule has 0 bridgehead atoms. The Morgan fingerprint density at radius 2 is 1.95 bits per heavy atom. The predicted octanol–water partition coefficient (Wildman–Crippen LogP) is 1.14. The largest absolute Gasteiger partial charge is 0.495 e. The number of nitrogens with zero attached hydrogens (tertiary/aromatic N) is 1. The first-order valence-corrected chi connectivity index (χ1v) is 8.26. The second-order valence-corrected chi connectivity index (χ2v) is 7.35. The van der Waals surface area contributed by atoms with Crippen LogP contribution in [0.25, 0.3) is 0 Å². The van der Waals surface area contributed by atoms with Crippen LogP contribution in [-0.2, 0) is 10.0 Å². The van der Waals surface area contributed by atoms with Gasteiger partial charge in [0.2, 0.25) is 10.0 Å². The van der Waals surface area contributed by atoms with E-state index in [1.807, 2.05) is 32.8 Å². The number of rotatable bonds is 7. The third-order valence-corrected chi connectivity index (χ3v) is 4.67. The van der Waals surface area contributed by atoms with Gasteiger partial charge in [-0.2, -0.15) is 0 Å². The highest BCUT2D eigenvalue weighted by Crippen LogP contribution is 2.24. The number of nitrogens with one attached hydrogen (secondary N) is 1. The Hall–Kier alpha value is -1.31. The van der Waals surface area contributed by atoms with E-state index in [0.717, 1.165) is 0 Å². The molecule has 0 fully saturated rings. The first-order chi connectivity index (χ1) is 9.67. The third kappa shape index (κ3) is 4.87. The van der Waals surface area contributed by atoms with E-state index in [-0.39, 0.29) is 16.9 Å². The van der Waals surface area contributed by atoms with Gasteiger partial charge in [-0.3, -0.25) is 0 Å². The summed E-state index contributed by atoms with van der Waals surface area (Å²) < 4.78 is 32.7. The second kappa shape index (κ2) is 7.11. The molecule has 0 spiro atoms. The number of sulfonamides is 1. The van der Waals surface area contributed by atoms with Crippen LogP contribution in [-0.4, -0.2) is 47.1 Å². The highest BCUT2D eigenvalue weighted by Gasteiger charge is 2.23. The molecule has 1 atom stereocenters. The maximum absolute atomic E-state index is 12.5. The molecule has 1 aromatic carbocycles. The van der Waals surface area contributed by atoms with Crippen molar-refractivity contribution in [1.82, 2.24) is 9.62 Å². The van der Waals surface area contributed by atoms with Crippen LogP contribution in [0.15, 0.2) is 23.1 Å². The molecular formula is C14H25N3O3S. The quantitative estimate of drug-likeness (QED) is 0.737. The van der Waals surface area contributed by atoms with Gasteiger partial charge in [0.25, 0.3) is 0 Å². The number of nitrogen functional groups attached to an aromatic ring is 1. The van der Waals surface area contributed by atoms with Gasteiger partial charge >= 0.3 is 0 Å². The Labute approximate surface area is 127 Å². The number of anilines is 1. The van der Waals surface area contributed by atoms with Gasteiger partial charge in [0.05, 0.1) is 17.7 Å². The van der Waals surface area contributed by atoms with Gasteiger partial charge in [-0.1, -0.05) is 13.8 Å². The number of ether oxygens (including phenoxy) is 1. The Kier molecular flexibility index (Phi) is 6.00. The lowest BCUT2D eigenvalue weighted by Gasteiger charge is -2.25. The van der Waals surface area contributed by atoms with Gasteiger partial charge in [0, 0.05) is 12.6 Å². The molecule has 120 valence electrons. The van der Waals surface area contributed by atoms with Crippen LogP contribution in [0.2, 0.25) is 0 Å². The molecule has 1 aromatic rings. The first-order valence-electron chi connectivity index (χ1n) is 6.78. The standard InChI is InChI=1S/C14H25N3O3S/c1-10(2)13(9-17(3)4)16-21(18,19)11-6-7-14(20-5)12(15)8-11/h6-8,10,13,16H,9,15H2,1-5H3. The molecule has 7 heteroatoms. The van der Waals surface area contributed by atoms with Gasteiger partial charge < -0.3 is 15.4 Å². The zero-order valence-electron chi connectivity index (χ0n) is 13.3. The molecule has 3 N–H and O–H groups in total. The van der Waals surface area contributed by atoms with Crippen LogP contribution >= 0.6 is 0 Å². The lowest BCUT2D eigenvalue weighted by molar-refractivity contribution is 0.314. The van der Waals surface area contributed by atoms with Crippen molar-refractivity contribution in [2.75, 3.05) is 33.5 Å². The van der Waals surface area contributed by atoms with Gasteiger partial charge in [0.1, 0.15) is 5.75 Å². The van der Waals surface area contributed by atoms with E-state index in [0.29, 0.717) is 18.0 Å². The Bertz CT molecular complexity index is 571. The molecular weight excluding hydrogens is 290 g/mol. The summed E-state index contributed by atoms with van der Waals surface area (Å²) in [4.78, 5) is 2.10. The summed E-state index contributed by atoms with van der Waals surface area (Å²) in [6.07, 6.45) is 0. The lowest BCUT2D eigenvalue weighted by Crippen LogP contribution is -2.44. The molecule has 0 amide bonds. The molecule has 6 nitrogen and oxygen atoms in total. The van der Waals surface area contributed by atoms with Crippen molar-refractivity contribution >= 4 is 15.7 Å². The van der Waals surface area contributed by atoms with E-state index in [1.54, 1.807) is 6.07 Å². The highest BCUT2D eigenvalue weighted by atomic mass is 32.2. The van der Waals surface area contributed by atoms with Crippen molar-refractivity contribution in [2.45, 2.75) is 24.8 Å². The SMILES string of the molecule is COc1ccc(S(=O)(=O)NC(CN(C)C)C(C)C)cc1N. The van der Waals surface area contributed by atoms with Gasteiger partial charge in [0.15, 0.2) is 0 Å². The monoisotopic (exact) mass is 315 g/mol. The van der Waals surface area contributed by atoms with Gasteiger partial charge in [-0.15, -0.1) is 0 Å². The molecule has 0 aliphatic carbocycles. The summed E-state index contributed by atoms with van der Waals surface area (Å²) in [6, 6.07) is 4.28. The number of nitrogens with two attached hydrogens (primary N) is 1. The third-order valence-electron chi connectivity index (χ3n) is 3.18. The zero-order chi connectivity index (χ0) is 16.2. The minimum atomic E-state index is -3.61. The van der Waals surface area contributed by atoms with Gasteiger partial charge in [-0.05, 0) is 38.2 Å². The average Bonchev–Trinajstić information content (AvgIpc) is 2.36. The van der Waals surface area contributed by atoms with Crippen molar-refractivity contribution < 1.29 is 13.2 Å². The second-order valence-electron chi connectivity index (χ2n) is 5.64. The molecule has 0 aromatic heterocycles. The van der Waals surface area contributed by atoms with Crippen LogP contribution in [0, 0.1) is 5.92 Å². The molecule has 1 rings (SSSR count). The Morgan fingerprint density at radius 1 is 1.33 bits per heavy atom. The molecule has 0 aliphatic rings. The van der Waals surface area contributed by atoms with E-state index < -0.39 is 10.0 Å². The van der Waals surface area contributed by atoms with E-state index in [4.69, 9.17) is 10.5 Å². The van der Waals surface area contributed by atoms with Crippen LogP contribution in [0.1, 0.15) is 13.8 Å². The highest BCUT2D eigenvalue weighted by molar-refractivity contribution is 7.89. The summed E-state index contributed by atoms with van der Waals surface area (Å²) in [5, 5.41) is 0. The maximum atomic E-state index is 12.5. The lowest BCUT2D eigenvalue weighted by atomic mass is 10.1. The van der Waals surface area contributed by atoms with Crippen LogP contribution in [0.5, 0.6) is 5.75 Å². The van der Waals surface area contributed by atoms with Crippen LogP contribution in [0.4, 0.5) is 5.69 Å². The average molecular weight is 315 g/mol. The van der Waals surface area contributed by atoms with Gasteiger partial charge in [-0.25, -0.2) is 13.1 Å². The van der Waals surface area contributed by atoms with E-state index >= 15 is 0 Å². The molecule has 1 unspecified atom stereocenters. The summed E-state index contributed by atoms with van der Waals surface area (Å²) in [7, 11) is 1.70. The maximum Gasteiger partial charge on any atom is 0.240 e. The Morgan fingerprint density at radius 3 is 2.38 bits per heavy atom. The summed E-state index contributed by atoms with van der Waals surface area (Å²) in [5.41, 5.74) is 6.07. The summed E-state index contributed by atoms with van der Waals surface area (Å²) in [6.45, 7) is 4.60. The smallest absolute Gasteiger partial charge is 0.240 e. The van der Waals surface area contributed by atoms with E-state index in [1.165, 1.54) is 19.2 Å². The predicted molar refractivity (Wildman–Crippen MR) is 84.9 cm³/mol. The minimum absolute atomic E-state index is 0.144. The van der Waals surface area contributed by atoms with Crippen molar-refractivity contribution in [2.24, 2.45) is 5.92 Å². The topological polar surface area (TPSA) is 84.7 Å². The fraction of sp³-hybridized carbons (Fsp3) is 0.571. The van der Waals surface area contributed by atoms with Crippen molar-refractivity contribution in [3.63, 3.8) is 0 Å². The molecule has 0 saturated heterocycles. The number of methoxy groups -OCH3 is 1. The molecule has 0 aliphatic heterocycles. The number of likely N-dealkylation sites (N-methyl/N-ethyl adjacent to an activating group) is 1. The number of hydrogen-bond acceptors (Lipinski definition) is 5. The summed E-state index contributed by atoms with van der Waals surface area (Å²) in [5.74, 6) is 0.639. The molecule has 21 heavy (non-hydrogen) atoms. The number of benzene rings is 1.